The largest absolute Gasteiger partial charge is 0.388 e. The molecule has 1 nitrogen and oxygen atoms in total. The standard InChI is InChI=1S/C9H12OS/c1-6(10)9-5-7-3-2-4-8(7)11-9/h5-6,10H,2-4H2,1H3. The minimum atomic E-state index is -0.273. The van der Waals surface area contributed by atoms with E-state index in [9.17, 15) is 5.11 Å². The van der Waals surface area contributed by atoms with Crippen LogP contribution in [0.4, 0.5) is 0 Å². The lowest BCUT2D eigenvalue weighted by molar-refractivity contribution is 0.203. The topological polar surface area (TPSA) is 20.2 Å². The van der Waals surface area contributed by atoms with Crippen molar-refractivity contribution < 1.29 is 5.11 Å². The molecule has 1 atom stereocenters. The van der Waals surface area contributed by atoms with E-state index in [1.807, 2.05) is 6.92 Å². The van der Waals surface area contributed by atoms with Crippen molar-refractivity contribution in [2.24, 2.45) is 0 Å². The van der Waals surface area contributed by atoms with Gasteiger partial charge in [-0.05, 0) is 37.8 Å². The Morgan fingerprint density at radius 2 is 2.36 bits per heavy atom. The molecule has 1 aromatic rings. The van der Waals surface area contributed by atoms with E-state index in [0.29, 0.717) is 0 Å². The van der Waals surface area contributed by atoms with Crippen LogP contribution in [-0.2, 0) is 12.8 Å². The number of aliphatic hydroxyl groups is 1. The predicted molar refractivity (Wildman–Crippen MR) is 47.0 cm³/mol. The van der Waals surface area contributed by atoms with Gasteiger partial charge in [-0.1, -0.05) is 0 Å². The van der Waals surface area contributed by atoms with Gasteiger partial charge in [-0.15, -0.1) is 11.3 Å². The number of thiophene rings is 1. The van der Waals surface area contributed by atoms with Crippen LogP contribution in [0.25, 0.3) is 0 Å². The second-order valence-corrected chi connectivity index (χ2v) is 4.30. The highest BCUT2D eigenvalue weighted by atomic mass is 32.1. The first-order chi connectivity index (χ1) is 5.27. The van der Waals surface area contributed by atoms with Crippen molar-refractivity contribution in [3.05, 3.63) is 21.4 Å². The van der Waals surface area contributed by atoms with Crippen molar-refractivity contribution in [2.75, 3.05) is 0 Å². The number of fused-ring (bicyclic) bond motifs is 1. The Morgan fingerprint density at radius 1 is 1.55 bits per heavy atom. The fourth-order valence-electron chi connectivity index (χ4n) is 1.56. The number of hydrogen-bond acceptors (Lipinski definition) is 2. The van der Waals surface area contributed by atoms with Crippen LogP contribution in [0.1, 0.15) is 34.8 Å². The lowest BCUT2D eigenvalue weighted by Gasteiger charge is -1.97. The van der Waals surface area contributed by atoms with Crippen molar-refractivity contribution >= 4 is 11.3 Å². The summed E-state index contributed by atoms with van der Waals surface area (Å²) in [6.45, 7) is 1.83. The molecular formula is C9H12OS. The van der Waals surface area contributed by atoms with Crippen LogP contribution in [0.5, 0.6) is 0 Å². The van der Waals surface area contributed by atoms with Crippen LogP contribution in [0.3, 0.4) is 0 Å². The summed E-state index contributed by atoms with van der Waals surface area (Å²) in [5, 5.41) is 9.29. The molecule has 11 heavy (non-hydrogen) atoms. The molecular weight excluding hydrogens is 156 g/mol. The van der Waals surface area contributed by atoms with Gasteiger partial charge in [0.2, 0.25) is 0 Å². The van der Waals surface area contributed by atoms with Gasteiger partial charge >= 0.3 is 0 Å². The molecule has 0 fully saturated rings. The number of aryl methyl sites for hydroxylation is 2. The normalized spacial score (nSPS) is 18.4. The highest BCUT2D eigenvalue weighted by Crippen LogP contribution is 2.33. The van der Waals surface area contributed by atoms with Gasteiger partial charge in [-0.2, -0.15) is 0 Å². The first-order valence-corrected chi connectivity index (χ1v) is 4.88. The molecule has 1 heterocycles. The highest BCUT2D eigenvalue weighted by Gasteiger charge is 2.16. The molecule has 0 aliphatic heterocycles. The van der Waals surface area contributed by atoms with Gasteiger partial charge in [0.15, 0.2) is 0 Å². The van der Waals surface area contributed by atoms with Gasteiger partial charge in [-0.25, -0.2) is 0 Å². The fourth-order valence-corrected chi connectivity index (χ4v) is 2.75. The maximum atomic E-state index is 9.29. The Morgan fingerprint density at radius 3 is 3.00 bits per heavy atom. The minimum absolute atomic E-state index is 0.273. The summed E-state index contributed by atoms with van der Waals surface area (Å²) in [4.78, 5) is 2.63. The molecule has 0 spiro atoms. The van der Waals surface area contributed by atoms with Crippen LogP contribution in [0, 0.1) is 0 Å². The Hall–Kier alpha value is -0.340. The quantitative estimate of drug-likeness (QED) is 0.682. The number of aliphatic hydroxyl groups excluding tert-OH is 1. The molecule has 0 saturated heterocycles. The van der Waals surface area contributed by atoms with E-state index in [2.05, 4.69) is 6.07 Å². The number of rotatable bonds is 1. The third kappa shape index (κ3) is 1.21. The molecule has 2 rings (SSSR count). The minimum Gasteiger partial charge on any atom is -0.388 e. The van der Waals surface area contributed by atoms with Crippen LogP contribution >= 0.6 is 11.3 Å². The van der Waals surface area contributed by atoms with E-state index in [4.69, 9.17) is 0 Å². The maximum absolute atomic E-state index is 9.29. The van der Waals surface area contributed by atoms with Crippen LogP contribution < -0.4 is 0 Å². The molecule has 0 radical (unpaired) electrons. The van der Waals surface area contributed by atoms with Crippen LogP contribution in [-0.4, -0.2) is 5.11 Å². The van der Waals surface area contributed by atoms with E-state index in [-0.39, 0.29) is 6.10 Å². The van der Waals surface area contributed by atoms with E-state index < -0.39 is 0 Å². The monoisotopic (exact) mass is 168 g/mol. The molecule has 0 saturated carbocycles. The smallest absolute Gasteiger partial charge is 0.0854 e. The SMILES string of the molecule is CC(O)c1cc2c(s1)CCC2. The van der Waals surface area contributed by atoms with Crippen molar-refractivity contribution in [1.82, 2.24) is 0 Å². The lowest BCUT2D eigenvalue weighted by atomic mass is 10.2. The molecule has 0 aromatic carbocycles. The van der Waals surface area contributed by atoms with Gasteiger partial charge in [-0.3, -0.25) is 0 Å². The van der Waals surface area contributed by atoms with Gasteiger partial charge < -0.3 is 5.11 Å². The Balaban J connectivity index is 2.34. The van der Waals surface area contributed by atoms with Crippen molar-refractivity contribution in [3.63, 3.8) is 0 Å². The zero-order valence-electron chi connectivity index (χ0n) is 6.63. The summed E-state index contributed by atoms with van der Waals surface area (Å²) >= 11 is 1.78. The maximum Gasteiger partial charge on any atom is 0.0854 e. The molecule has 1 aromatic heterocycles. The molecule has 0 bridgehead atoms. The van der Waals surface area contributed by atoms with Gasteiger partial charge in [0.1, 0.15) is 0 Å². The third-order valence-corrected chi connectivity index (χ3v) is 3.58. The first kappa shape index (κ1) is 7.32. The fraction of sp³-hybridized carbons (Fsp3) is 0.556. The van der Waals surface area contributed by atoms with Gasteiger partial charge in [0.05, 0.1) is 6.10 Å². The third-order valence-electron chi connectivity index (χ3n) is 2.18. The predicted octanol–water partition coefficient (Wildman–Crippen LogP) is 2.29. The molecule has 1 aliphatic rings. The van der Waals surface area contributed by atoms with E-state index in [1.54, 1.807) is 11.3 Å². The summed E-state index contributed by atoms with van der Waals surface area (Å²) in [5.41, 5.74) is 1.48. The zero-order valence-corrected chi connectivity index (χ0v) is 7.45. The molecule has 1 aliphatic carbocycles. The highest BCUT2D eigenvalue weighted by molar-refractivity contribution is 7.12. The average molecular weight is 168 g/mol. The summed E-state index contributed by atoms with van der Waals surface area (Å²) in [6, 6.07) is 2.16. The van der Waals surface area contributed by atoms with Crippen molar-refractivity contribution in [1.29, 1.82) is 0 Å². The number of hydrogen-bond donors (Lipinski definition) is 1. The summed E-state index contributed by atoms with van der Waals surface area (Å²) in [5.74, 6) is 0. The van der Waals surface area contributed by atoms with E-state index in [1.165, 1.54) is 29.7 Å². The van der Waals surface area contributed by atoms with Crippen molar-refractivity contribution in [3.8, 4) is 0 Å². The Bertz CT molecular complexity index is 241. The first-order valence-electron chi connectivity index (χ1n) is 4.07. The van der Waals surface area contributed by atoms with Crippen LogP contribution in [0.2, 0.25) is 0 Å². The summed E-state index contributed by atoms with van der Waals surface area (Å²) < 4.78 is 0. The molecule has 1 N–H and O–H groups in total. The Labute approximate surface area is 70.7 Å². The molecule has 0 amide bonds. The van der Waals surface area contributed by atoms with E-state index in [0.717, 1.165) is 4.88 Å². The van der Waals surface area contributed by atoms with Crippen LogP contribution in [0.15, 0.2) is 6.07 Å². The van der Waals surface area contributed by atoms with Gasteiger partial charge in [0.25, 0.3) is 0 Å². The lowest BCUT2D eigenvalue weighted by Crippen LogP contribution is -1.84. The van der Waals surface area contributed by atoms with Crippen molar-refractivity contribution in [2.45, 2.75) is 32.3 Å². The zero-order chi connectivity index (χ0) is 7.84. The summed E-state index contributed by atoms with van der Waals surface area (Å²) in [7, 11) is 0. The molecule has 60 valence electrons. The second-order valence-electron chi connectivity index (χ2n) is 3.13. The Kier molecular flexibility index (Phi) is 1.74. The summed E-state index contributed by atoms with van der Waals surface area (Å²) in [6.07, 6.45) is 3.48. The molecule has 1 unspecified atom stereocenters. The average Bonchev–Trinajstić information content (AvgIpc) is 2.40. The molecule has 2 heteroatoms. The second kappa shape index (κ2) is 2.61. The van der Waals surface area contributed by atoms with Gasteiger partial charge in [0, 0.05) is 9.75 Å². The van der Waals surface area contributed by atoms with E-state index >= 15 is 0 Å².